The number of hydrogen-bond donors (Lipinski definition) is 2. The number of hydrogen-bond acceptors (Lipinski definition) is 4. The maximum absolute atomic E-state index is 12.5. The van der Waals surface area contributed by atoms with E-state index in [0.717, 1.165) is 5.56 Å². The molecular formula is C19H21NO5. The molecule has 2 atom stereocenters. The van der Waals surface area contributed by atoms with E-state index in [1.807, 2.05) is 6.07 Å². The Hall–Kier alpha value is -2.86. The van der Waals surface area contributed by atoms with Crippen LogP contribution in [-0.4, -0.2) is 37.2 Å². The molecule has 6 heteroatoms. The van der Waals surface area contributed by atoms with Crippen molar-refractivity contribution in [2.75, 3.05) is 14.2 Å². The highest BCUT2D eigenvalue weighted by atomic mass is 16.5. The van der Waals surface area contributed by atoms with Gasteiger partial charge in [0, 0.05) is 13.5 Å². The van der Waals surface area contributed by atoms with Crippen LogP contribution in [0.3, 0.4) is 0 Å². The molecule has 0 fully saturated rings. The molecule has 0 aliphatic rings. The van der Waals surface area contributed by atoms with Crippen molar-refractivity contribution in [3.8, 4) is 5.75 Å². The average molecular weight is 343 g/mol. The van der Waals surface area contributed by atoms with Gasteiger partial charge in [0.15, 0.2) is 6.10 Å². The van der Waals surface area contributed by atoms with E-state index in [1.165, 1.54) is 7.11 Å². The van der Waals surface area contributed by atoms with Gasteiger partial charge in [-0.1, -0.05) is 42.5 Å². The predicted molar refractivity (Wildman–Crippen MR) is 92.5 cm³/mol. The third-order valence-corrected chi connectivity index (χ3v) is 3.76. The zero-order valence-corrected chi connectivity index (χ0v) is 14.1. The normalized spacial score (nSPS) is 12.9. The Labute approximate surface area is 146 Å². The summed E-state index contributed by atoms with van der Waals surface area (Å²) in [5, 5.41) is 12.0. The van der Waals surface area contributed by atoms with Crippen LogP contribution in [0.2, 0.25) is 0 Å². The van der Waals surface area contributed by atoms with Crippen LogP contribution in [0.5, 0.6) is 5.75 Å². The van der Waals surface area contributed by atoms with Gasteiger partial charge in [0.25, 0.3) is 5.91 Å². The van der Waals surface area contributed by atoms with Crippen LogP contribution >= 0.6 is 0 Å². The second kappa shape index (κ2) is 8.84. The fourth-order valence-electron chi connectivity index (χ4n) is 2.50. The lowest BCUT2D eigenvalue weighted by Gasteiger charge is -2.20. The number of rotatable bonds is 8. The van der Waals surface area contributed by atoms with Gasteiger partial charge in [-0.25, -0.2) is 4.79 Å². The van der Waals surface area contributed by atoms with Gasteiger partial charge in [-0.15, -0.1) is 0 Å². The molecular weight excluding hydrogens is 322 g/mol. The summed E-state index contributed by atoms with van der Waals surface area (Å²) in [5.41, 5.74) is 1.41. The van der Waals surface area contributed by atoms with E-state index in [2.05, 4.69) is 5.32 Å². The zero-order chi connectivity index (χ0) is 18.2. The van der Waals surface area contributed by atoms with Crippen molar-refractivity contribution in [2.45, 2.75) is 18.6 Å². The number of nitrogens with one attached hydrogen (secondary N) is 1. The number of carbonyl (C=O) groups excluding carboxylic acids is 1. The summed E-state index contributed by atoms with van der Waals surface area (Å²) < 4.78 is 10.4. The highest BCUT2D eigenvalue weighted by Crippen LogP contribution is 2.18. The molecule has 2 rings (SSSR count). The number of carbonyl (C=O) groups is 2. The molecule has 0 bridgehead atoms. The minimum absolute atomic E-state index is 0.142. The first kappa shape index (κ1) is 18.5. The molecule has 0 spiro atoms. The topological polar surface area (TPSA) is 84.9 Å². The molecule has 6 nitrogen and oxygen atoms in total. The summed E-state index contributed by atoms with van der Waals surface area (Å²) in [7, 11) is 2.95. The van der Waals surface area contributed by atoms with E-state index in [0.29, 0.717) is 11.3 Å². The van der Waals surface area contributed by atoms with Gasteiger partial charge >= 0.3 is 5.97 Å². The number of carboxylic acids is 1. The molecule has 0 aliphatic carbocycles. The number of carboxylic acid groups (broad SMARTS) is 1. The molecule has 25 heavy (non-hydrogen) atoms. The molecule has 0 aromatic heterocycles. The fraction of sp³-hybridized carbons (Fsp3) is 0.263. The van der Waals surface area contributed by atoms with E-state index in [4.69, 9.17) is 9.47 Å². The molecule has 2 aromatic rings. The van der Waals surface area contributed by atoms with E-state index in [1.54, 1.807) is 55.6 Å². The van der Waals surface area contributed by atoms with Crippen molar-refractivity contribution in [1.29, 1.82) is 0 Å². The van der Waals surface area contributed by atoms with Crippen LogP contribution in [0, 0.1) is 0 Å². The quantitative estimate of drug-likeness (QED) is 0.767. The fourth-order valence-corrected chi connectivity index (χ4v) is 2.50. The largest absolute Gasteiger partial charge is 0.497 e. The Kier molecular flexibility index (Phi) is 6.54. The molecule has 0 radical (unpaired) electrons. The minimum Gasteiger partial charge on any atom is -0.497 e. The standard InChI is InChI=1S/C19H21NO5/c1-24-15-10-6-7-13(11-15)12-16(19(22)23)20-18(21)17(25-2)14-8-4-3-5-9-14/h3-11,16-17H,12H2,1-2H3,(H,20,21)(H,22,23)/t16-,17-/m0/s1. The molecule has 0 saturated carbocycles. The Morgan fingerprint density at radius 2 is 1.80 bits per heavy atom. The van der Waals surface area contributed by atoms with Crippen LogP contribution in [0.1, 0.15) is 17.2 Å². The second-order valence-corrected chi connectivity index (χ2v) is 5.48. The van der Waals surface area contributed by atoms with E-state index in [9.17, 15) is 14.7 Å². The van der Waals surface area contributed by atoms with E-state index < -0.39 is 24.0 Å². The summed E-state index contributed by atoms with van der Waals surface area (Å²) >= 11 is 0. The van der Waals surface area contributed by atoms with Crippen molar-refractivity contribution >= 4 is 11.9 Å². The first-order valence-electron chi connectivity index (χ1n) is 7.79. The molecule has 0 unspecified atom stereocenters. The first-order valence-corrected chi connectivity index (χ1v) is 7.79. The predicted octanol–water partition coefficient (Wildman–Crippen LogP) is 2.19. The monoisotopic (exact) mass is 343 g/mol. The van der Waals surface area contributed by atoms with Crippen LogP contribution in [0.4, 0.5) is 0 Å². The van der Waals surface area contributed by atoms with Gasteiger partial charge in [0.05, 0.1) is 7.11 Å². The molecule has 0 saturated heterocycles. The third-order valence-electron chi connectivity index (χ3n) is 3.76. The second-order valence-electron chi connectivity index (χ2n) is 5.48. The zero-order valence-electron chi connectivity index (χ0n) is 14.1. The van der Waals surface area contributed by atoms with Gasteiger partial charge in [-0.05, 0) is 23.3 Å². The van der Waals surface area contributed by atoms with Crippen LogP contribution in [0.25, 0.3) is 0 Å². The number of methoxy groups -OCH3 is 2. The van der Waals surface area contributed by atoms with E-state index in [-0.39, 0.29) is 6.42 Å². The Bertz CT molecular complexity index is 717. The number of aliphatic carboxylic acids is 1. The lowest BCUT2D eigenvalue weighted by molar-refractivity contribution is -0.144. The van der Waals surface area contributed by atoms with Crippen molar-refractivity contribution in [3.05, 3.63) is 65.7 Å². The summed E-state index contributed by atoms with van der Waals surface area (Å²) in [6.07, 6.45) is -0.725. The van der Waals surface area contributed by atoms with Crippen molar-refractivity contribution in [3.63, 3.8) is 0 Å². The highest BCUT2D eigenvalue weighted by Gasteiger charge is 2.26. The van der Waals surface area contributed by atoms with Gasteiger partial charge in [-0.3, -0.25) is 4.79 Å². The molecule has 132 valence electrons. The minimum atomic E-state index is -1.11. The number of benzene rings is 2. The summed E-state index contributed by atoms with van der Waals surface area (Å²) in [6, 6.07) is 14.9. The number of amides is 1. The Morgan fingerprint density at radius 3 is 2.40 bits per heavy atom. The molecule has 2 aromatic carbocycles. The summed E-state index contributed by atoms with van der Waals surface area (Å²) in [5.74, 6) is -0.977. The van der Waals surface area contributed by atoms with Gasteiger partial charge in [0.1, 0.15) is 11.8 Å². The average Bonchev–Trinajstić information content (AvgIpc) is 2.62. The smallest absolute Gasteiger partial charge is 0.326 e. The van der Waals surface area contributed by atoms with Gasteiger partial charge in [0.2, 0.25) is 0 Å². The Morgan fingerprint density at radius 1 is 1.08 bits per heavy atom. The molecule has 2 N–H and O–H groups in total. The molecule has 0 aliphatic heterocycles. The number of ether oxygens (including phenoxy) is 2. The van der Waals surface area contributed by atoms with Gasteiger partial charge in [-0.2, -0.15) is 0 Å². The lowest BCUT2D eigenvalue weighted by Crippen LogP contribution is -2.44. The molecule has 0 heterocycles. The first-order chi connectivity index (χ1) is 12.0. The maximum Gasteiger partial charge on any atom is 0.326 e. The Balaban J connectivity index is 2.12. The maximum atomic E-state index is 12.5. The third kappa shape index (κ3) is 5.06. The van der Waals surface area contributed by atoms with Crippen molar-refractivity contribution in [1.82, 2.24) is 5.32 Å². The van der Waals surface area contributed by atoms with Crippen molar-refractivity contribution < 1.29 is 24.2 Å². The summed E-state index contributed by atoms with van der Waals surface area (Å²) in [6.45, 7) is 0. The lowest BCUT2D eigenvalue weighted by atomic mass is 10.0. The molecule has 1 amide bonds. The highest BCUT2D eigenvalue weighted by molar-refractivity contribution is 5.87. The van der Waals surface area contributed by atoms with Gasteiger partial charge < -0.3 is 19.9 Å². The SMILES string of the molecule is COc1cccc(C[C@H](NC(=O)[C@@H](OC)c2ccccc2)C(=O)O)c1. The van der Waals surface area contributed by atoms with E-state index >= 15 is 0 Å². The van der Waals surface area contributed by atoms with Crippen molar-refractivity contribution in [2.24, 2.45) is 0 Å². The summed E-state index contributed by atoms with van der Waals surface area (Å²) in [4.78, 5) is 24.0. The van der Waals surface area contributed by atoms with Crippen LogP contribution < -0.4 is 10.1 Å². The van der Waals surface area contributed by atoms with Crippen LogP contribution in [-0.2, 0) is 20.7 Å². The van der Waals surface area contributed by atoms with Crippen LogP contribution in [0.15, 0.2) is 54.6 Å².